The number of carboxylic acid groups (broad SMARTS) is 1. The van der Waals surface area contributed by atoms with Crippen LogP contribution in [0.15, 0.2) is 72.6 Å². The molecule has 4 nitrogen and oxygen atoms in total. The average molecular weight is 399 g/mol. The number of carbonyl (C=O) groups is 1. The fraction of sp³-hybridized carbons (Fsp3) is 0.240. The Morgan fingerprint density at radius 3 is 2.83 bits per heavy atom. The van der Waals surface area contributed by atoms with Crippen molar-refractivity contribution >= 4 is 5.97 Å². The Labute approximate surface area is 184 Å². The Bertz CT molecular complexity index is 1380. The first kappa shape index (κ1) is 11.9. The van der Waals surface area contributed by atoms with E-state index in [1.54, 1.807) is 6.07 Å². The lowest BCUT2D eigenvalue weighted by Crippen LogP contribution is -2.22. The van der Waals surface area contributed by atoms with Gasteiger partial charge in [0.25, 0.3) is 0 Å². The van der Waals surface area contributed by atoms with Gasteiger partial charge in [-0.3, -0.25) is 0 Å². The molecule has 3 rings (SSSR count). The number of hydrogen-bond donors (Lipinski definition) is 3. The summed E-state index contributed by atoms with van der Waals surface area (Å²) in [5.41, 5.74) is 0.227. The van der Waals surface area contributed by atoms with Crippen LogP contribution in [-0.4, -0.2) is 29.3 Å². The van der Waals surface area contributed by atoms with Crippen LogP contribution in [0.1, 0.15) is 51.9 Å². The second-order valence-electron chi connectivity index (χ2n) is 6.47. The number of aromatic carboxylic acids is 1. The molecule has 0 spiro atoms. The summed E-state index contributed by atoms with van der Waals surface area (Å²) < 4.78 is 73.4. The Morgan fingerprint density at radius 1 is 1.17 bits per heavy atom. The number of rotatable bonds is 9. The second-order valence-corrected chi connectivity index (χ2v) is 6.47. The van der Waals surface area contributed by atoms with Crippen LogP contribution >= 0.6 is 0 Å². The molecule has 0 aliphatic rings. The molecule has 0 aliphatic carbocycles. The minimum atomic E-state index is -2.41. The molecule has 3 aromatic carbocycles. The molecule has 0 saturated heterocycles. The van der Waals surface area contributed by atoms with Crippen molar-refractivity contribution in [2.45, 2.75) is 25.8 Å². The Balaban J connectivity index is 1.78. The lowest BCUT2D eigenvalue weighted by atomic mass is 9.99. The molecule has 0 fully saturated rings. The summed E-state index contributed by atoms with van der Waals surface area (Å²) in [6.07, 6.45) is -1.95. The van der Waals surface area contributed by atoms with Gasteiger partial charge in [-0.05, 0) is 60.7 Å². The maximum absolute atomic E-state index is 11.4. The highest BCUT2D eigenvalue weighted by atomic mass is 16.4. The van der Waals surface area contributed by atoms with E-state index in [-0.39, 0.29) is 89.1 Å². The SMILES string of the molecule is [2H]c1c([2H])c(CCCNC[C@]([2H])(O)c2c([2H])c([2H])c([2H])c(C)c2[2H])c([2H])c(-c2cccc(C(=O)O)c2)c1[2H]. The van der Waals surface area contributed by atoms with Gasteiger partial charge in [-0.25, -0.2) is 4.79 Å². The van der Waals surface area contributed by atoms with Crippen molar-refractivity contribution < 1.29 is 27.3 Å². The molecule has 0 aromatic heterocycles. The van der Waals surface area contributed by atoms with Crippen LogP contribution in [0.25, 0.3) is 11.1 Å². The van der Waals surface area contributed by atoms with E-state index in [0.717, 1.165) is 0 Å². The summed E-state index contributed by atoms with van der Waals surface area (Å²) in [7, 11) is 0. The molecule has 3 aromatic rings. The van der Waals surface area contributed by atoms with Crippen LogP contribution < -0.4 is 5.32 Å². The average Bonchev–Trinajstić information content (AvgIpc) is 2.86. The van der Waals surface area contributed by atoms with Crippen LogP contribution in [0.5, 0.6) is 0 Å². The largest absolute Gasteiger partial charge is 0.478 e. The molecule has 0 amide bonds. The Morgan fingerprint density at radius 2 is 2.00 bits per heavy atom. The van der Waals surface area contributed by atoms with Gasteiger partial charge in [-0.15, -0.1) is 0 Å². The van der Waals surface area contributed by atoms with Crippen LogP contribution in [-0.2, 0) is 6.42 Å². The molecular formula is C25H27NO3. The fourth-order valence-electron chi connectivity index (χ4n) is 2.73. The van der Waals surface area contributed by atoms with Crippen molar-refractivity contribution in [2.24, 2.45) is 0 Å². The number of carboxylic acids is 1. The van der Waals surface area contributed by atoms with Gasteiger partial charge in [0.1, 0.15) is 0 Å². The van der Waals surface area contributed by atoms with E-state index >= 15 is 0 Å². The van der Waals surface area contributed by atoms with Crippen LogP contribution in [0.4, 0.5) is 0 Å². The number of aliphatic hydroxyl groups is 1. The zero-order valence-electron chi connectivity index (χ0n) is 24.9. The monoisotopic (exact) mass is 398 g/mol. The first-order valence-corrected chi connectivity index (χ1v) is 9.14. The topological polar surface area (TPSA) is 69.6 Å². The van der Waals surface area contributed by atoms with E-state index < -0.39 is 24.1 Å². The van der Waals surface area contributed by atoms with E-state index in [9.17, 15) is 15.0 Å². The van der Waals surface area contributed by atoms with Gasteiger partial charge in [0.2, 0.25) is 0 Å². The van der Waals surface area contributed by atoms with Crippen molar-refractivity contribution in [2.75, 3.05) is 13.1 Å². The highest BCUT2D eigenvalue weighted by Crippen LogP contribution is 2.22. The maximum atomic E-state index is 11.4. The molecule has 3 N–H and O–H groups in total. The predicted octanol–water partition coefficient (Wildman–Crippen LogP) is 4.62. The van der Waals surface area contributed by atoms with E-state index in [1.807, 2.05) is 0 Å². The van der Waals surface area contributed by atoms with Crippen molar-refractivity contribution in [1.29, 1.82) is 0 Å². The molecule has 4 heteroatoms. The lowest BCUT2D eigenvalue weighted by molar-refractivity contribution is 0.0697. The molecule has 0 heterocycles. The summed E-state index contributed by atoms with van der Waals surface area (Å²) in [6.45, 7) is 1.23. The third-order valence-electron chi connectivity index (χ3n) is 4.19. The third-order valence-corrected chi connectivity index (χ3v) is 4.19. The molecule has 1 atom stereocenters. The number of nitrogens with one attached hydrogen (secondary N) is 1. The second kappa shape index (κ2) is 10.0. The van der Waals surface area contributed by atoms with Crippen molar-refractivity contribution in [3.05, 3.63) is 94.9 Å². The third kappa shape index (κ3) is 6.01. The normalized spacial score (nSPS) is 17.4. The smallest absolute Gasteiger partial charge is 0.335 e. The molecule has 0 unspecified atom stereocenters. The van der Waals surface area contributed by atoms with Crippen molar-refractivity contribution in [3.63, 3.8) is 0 Å². The van der Waals surface area contributed by atoms with Gasteiger partial charge in [0.05, 0.1) is 24.0 Å². The summed E-state index contributed by atoms with van der Waals surface area (Å²) in [5, 5.41) is 22.8. The fourth-order valence-corrected chi connectivity index (χ4v) is 2.73. The van der Waals surface area contributed by atoms with Crippen molar-refractivity contribution in [1.82, 2.24) is 5.32 Å². The van der Waals surface area contributed by atoms with Crippen LogP contribution in [0.2, 0.25) is 0 Å². The zero-order valence-corrected chi connectivity index (χ0v) is 15.9. The minimum absolute atomic E-state index is 0.0341. The minimum Gasteiger partial charge on any atom is -0.478 e. The van der Waals surface area contributed by atoms with E-state index in [1.165, 1.54) is 25.1 Å². The molecule has 0 bridgehead atoms. The highest BCUT2D eigenvalue weighted by molar-refractivity contribution is 5.89. The molecular weight excluding hydrogens is 362 g/mol. The van der Waals surface area contributed by atoms with Gasteiger partial charge >= 0.3 is 5.97 Å². The van der Waals surface area contributed by atoms with Gasteiger partial charge in [0, 0.05) is 6.54 Å². The standard InChI is InChI=1S/C25H27NO3/c1-18-6-2-11-22(14-18)24(27)17-26-13-5-8-19-7-3-9-20(15-19)21-10-4-12-23(16-21)25(28)29/h2-4,6-7,9-12,14-16,24,26-27H,5,8,13,17H2,1H3,(H,28,29)/t24-/m0/s1/i2D,3D,6D,7D,9D,11D,14D,15D,24D. The van der Waals surface area contributed by atoms with E-state index in [2.05, 4.69) is 5.32 Å². The lowest BCUT2D eigenvalue weighted by Gasteiger charge is -2.13. The first-order chi connectivity index (χ1) is 17.7. The molecule has 0 saturated carbocycles. The molecule has 0 aliphatic heterocycles. The summed E-state index contributed by atoms with van der Waals surface area (Å²) in [4.78, 5) is 11.4. The Kier molecular flexibility index (Phi) is 4.11. The van der Waals surface area contributed by atoms with E-state index in [4.69, 9.17) is 12.3 Å². The summed E-state index contributed by atoms with van der Waals surface area (Å²) >= 11 is 0. The van der Waals surface area contributed by atoms with Gasteiger partial charge in [-0.1, -0.05) is 66.0 Å². The quantitative estimate of drug-likeness (QED) is 0.460. The summed E-state index contributed by atoms with van der Waals surface area (Å²) in [5.74, 6) is -1.17. The van der Waals surface area contributed by atoms with Gasteiger partial charge < -0.3 is 15.5 Å². The van der Waals surface area contributed by atoms with Gasteiger partial charge in [0.15, 0.2) is 0 Å². The highest BCUT2D eigenvalue weighted by Gasteiger charge is 2.07. The first-order valence-electron chi connectivity index (χ1n) is 13.6. The number of hydrogen-bond acceptors (Lipinski definition) is 3. The van der Waals surface area contributed by atoms with Crippen molar-refractivity contribution in [3.8, 4) is 11.1 Å². The van der Waals surface area contributed by atoms with Crippen LogP contribution in [0, 0.1) is 6.92 Å². The van der Waals surface area contributed by atoms with E-state index in [0.29, 0.717) is 6.42 Å². The maximum Gasteiger partial charge on any atom is 0.335 e. The predicted molar refractivity (Wildman–Crippen MR) is 116 cm³/mol. The number of benzene rings is 3. The molecule has 29 heavy (non-hydrogen) atoms. The van der Waals surface area contributed by atoms with Gasteiger partial charge in [-0.2, -0.15) is 0 Å². The Hall–Kier alpha value is -2.95. The molecule has 0 radical (unpaired) electrons. The summed E-state index contributed by atoms with van der Waals surface area (Å²) in [6, 6.07) is 2.89. The van der Waals surface area contributed by atoms with Crippen LogP contribution in [0.3, 0.4) is 0 Å². The zero-order chi connectivity index (χ0) is 28.5. The molecule has 150 valence electrons.